The summed E-state index contributed by atoms with van der Waals surface area (Å²) in [5.41, 5.74) is -0.364. The monoisotopic (exact) mass is 520 g/mol. The number of hydrogen-bond acceptors (Lipinski definition) is 8. The van der Waals surface area contributed by atoms with Crippen molar-refractivity contribution < 1.29 is 28.6 Å². The van der Waals surface area contributed by atoms with Crippen molar-refractivity contribution in [1.82, 2.24) is 10.2 Å². The van der Waals surface area contributed by atoms with E-state index in [0.717, 1.165) is 32.6 Å². The van der Waals surface area contributed by atoms with E-state index in [9.17, 15) is 14.4 Å². The third kappa shape index (κ3) is 14.2. The average Bonchev–Trinajstić information content (AvgIpc) is 2.92. The fourth-order valence-electron chi connectivity index (χ4n) is 3.51. The summed E-state index contributed by atoms with van der Waals surface area (Å²) in [6.45, 7) is 14.6. The maximum atomic E-state index is 12.5. The molecule has 0 bridgehead atoms. The van der Waals surface area contributed by atoms with Crippen LogP contribution in [0.1, 0.15) is 77.1 Å². The van der Waals surface area contributed by atoms with Crippen molar-refractivity contribution in [2.24, 2.45) is 11.3 Å². The molecule has 0 amide bonds. The Balaban J connectivity index is 0.00000217. The van der Waals surface area contributed by atoms with Gasteiger partial charge in [0.1, 0.15) is 19.8 Å². The van der Waals surface area contributed by atoms with Gasteiger partial charge in [-0.1, -0.05) is 59.2 Å². The Morgan fingerprint density at radius 2 is 1.43 bits per heavy atom. The first kappa shape index (κ1) is 32.6. The van der Waals surface area contributed by atoms with Crippen LogP contribution < -0.4 is 5.32 Å². The van der Waals surface area contributed by atoms with Gasteiger partial charge in [0.25, 0.3) is 0 Å². The highest BCUT2D eigenvalue weighted by Gasteiger charge is 2.34. The lowest BCUT2D eigenvalue weighted by molar-refractivity contribution is -0.157. The number of esters is 3. The molecule has 37 heavy (non-hydrogen) atoms. The molecule has 1 N–H and O–H groups in total. The van der Waals surface area contributed by atoms with Crippen molar-refractivity contribution in [3.63, 3.8) is 0 Å². The van der Waals surface area contributed by atoms with E-state index in [1.165, 1.54) is 6.42 Å². The fourth-order valence-corrected chi connectivity index (χ4v) is 3.51. The Bertz CT molecular complexity index is 780. The van der Waals surface area contributed by atoms with Crippen molar-refractivity contribution in [3.05, 3.63) is 35.9 Å². The van der Waals surface area contributed by atoms with E-state index in [1.54, 1.807) is 24.3 Å². The molecule has 8 nitrogen and oxygen atoms in total. The molecule has 1 aliphatic heterocycles. The summed E-state index contributed by atoms with van der Waals surface area (Å²) in [5, 5.41) is 3.29. The van der Waals surface area contributed by atoms with Gasteiger partial charge in [0.2, 0.25) is 0 Å². The first-order valence-electron chi connectivity index (χ1n) is 13.7. The minimum absolute atomic E-state index is 0.0141. The van der Waals surface area contributed by atoms with Crippen LogP contribution in [0.4, 0.5) is 0 Å². The lowest BCUT2D eigenvalue weighted by Gasteiger charge is -2.31. The third-order valence-electron chi connectivity index (χ3n) is 6.12. The number of piperazine rings is 1. The highest BCUT2D eigenvalue weighted by Crippen LogP contribution is 2.25. The minimum atomic E-state index is -0.803. The van der Waals surface area contributed by atoms with E-state index in [4.69, 9.17) is 14.2 Å². The Morgan fingerprint density at radius 1 is 0.892 bits per heavy atom. The molecular weight excluding hydrogens is 472 g/mol. The molecule has 1 atom stereocenters. The Morgan fingerprint density at radius 3 is 1.97 bits per heavy atom. The molecule has 1 aliphatic rings. The second-order valence-corrected chi connectivity index (χ2v) is 10.1. The molecule has 1 fully saturated rings. The van der Waals surface area contributed by atoms with Gasteiger partial charge in [-0.25, -0.2) is 4.79 Å². The van der Waals surface area contributed by atoms with Crippen LogP contribution in [0.2, 0.25) is 0 Å². The largest absolute Gasteiger partial charge is 0.465 e. The van der Waals surface area contributed by atoms with Crippen LogP contribution in [-0.2, 0) is 23.8 Å². The van der Waals surface area contributed by atoms with Gasteiger partial charge in [0.05, 0.1) is 17.4 Å². The lowest BCUT2D eigenvalue weighted by Crippen LogP contribution is -2.44. The molecule has 1 aromatic carbocycles. The Hall–Kier alpha value is -2.45. The second kappa shape index (κ2) is 18.7. The number of rotatable bonds is 14. The van der Waals surface area contributed by atoms with Crippen LogP contribution in [0.3, 0.4) is 0 Å². The summed E-state index contributed by atoms with van der Waals surface area (Å²) in [6.07, 6.45) is 3.11. The zero-order valence-corrected chi connectivity index (χ0v) is 23.6. The van der Waals surface area contributed by atoms with Gasteiger partial charge < -0.3 is 24.4 Å². The van der Waals surface area contributed by atoms with E-state index in [2.05, 4.69) is 24.1 Å². The van der Waals surface area contributed by atoms with Crippen LogP contribution >= 0.6 is 0 Å². The van der Waals surface area contributed by atoms with Crippen LogP contribution in [-0.4, -0.2) is 75.4 Å². The zero-order valence-electron chi connectivity index (χ0n) is 23.6. The first-order chi connectivity index (χ1) is 17.7. The maximum Gasteiger partial charge on any atom is 0.338 e. The highest BCUT2D eigenvalue weighted by molar-refractivity contribution is 5.89. The Labute approximate surface area is 223 Å². The Kier molecular flexibility index (Phi) is 16.5. The summed E-state index contributed by atoms with van der Waals surface area (Å²) in [4.78, 5) is 39.4. The van der Waals surface area contributed by atoms with Crippen molar-refractivity contribution in [2.75, 3.05) is 52.5 Å². The van der Waals surface area contributed by atoms with Gasteiger partial charge in [0.15, 0.2) is 0 Å². The molecule has 210 valence electrons. The van der Waals surface area contributed by atoms with Crippen molar-refractivity contribution >= 4 is 17.9 Å². The van der Waals surface area contributed by atoms with Gasteiger partial charge in [-0.3, -0.25) is 9.59 Å². The van der Waals surface area contributed by atoms with E-state index in [0.29, 0.717) is 30.9 Å². The highest BCUT2D eigenvalue weighted by atomic mass is 16.6. The summed E-state index contributed by atoms with van der Waals surface area (Å²) in [7, 11) is 0. The topological polar surface area (TPSA) is 94.2 Å². The standard InChI is InChI=1S/C26H40N2O6.C3H8/c1-4-26(18-32-23(29)11-10-21(2)3,20-34-25(31)22-8-6-5-7-9-22)19-33-24(30)12-15-28-16-13-27-14-17-28;1-3-2/h5-9,21,27H,4,10-20H2,1-3H3;3H2,1-2H3. The summed E-state index contributed by atoms with van der Waals surface area (Å²) < 4.78 is 16.7. The lowest BCUT2D eigenvalue weighted by atomic mass is 9.88. The molecule has 1 aromatic rings. The van der Waals surface area contributed by atoms with Gasteiger partial charge in [-0.2, -0.15) is 0 Å². The zero-order chi connectivity index (χ0) is 27.5. The fraction of sp³-hybridized carbons (Fsp3) is 0.690. The number of ether oxygens (including phenoxy) is 3. The quantitative estimate of drug-likeness (QED) is 0.284. The average molecular weight is 521 g/mol. The first-order valence-corrected chi connectivity index (χ1v) is 13.7. The number of nitrogens with zero attached hydrogens (tertiary/aromatic N) is 1. The maximum absolute atomic E-state index is 12.5. The predicted octanol–water partition coefficient (Wildman–Crippen LogP) is 4.47. The minimum Gasteiger partial charge on any atom is -0.465 e. The predicted molar refractivity (Wildman–Crippen MR) is 145 cm³/mol. The number of nitrogens with one attached hydrogen (secondary N) is 1. The number of benzene rings is 1. The SMILES string of the molecule is CCC.CCC(COC(=O)CCC(C)C)(COC(=O)CCN1CCNCC1)COC(=O)c1ccccc1. The normalized spacial score (nSPS) is 15.2. The second-order valence-electron chi connectivity index (χ2n) is 10.1. The van der Waals surface area contributed by atoms with Gasteiger partial charge >= 0.3 is 17.9 Å². The van der Waals surface area contributed by atoms with Crippen LogP contribution in [0, 0.1) is 11.3 Å². The summed E-state index contributed by atoms with van der Waals surface area (Å²) in [6, 6.07) is 8.71. The van der Waals surface area contributed by atoms with Crippen molar-refractivity contribution in [3.8, 4) is 0 Å². The molecule has 0 spiro atoms. The number of carbonyl (C=O) groups excluding carboxylic acids is 3. The van der Waals surface area contributed by atoms with Crippen molar-refractivity contribution in [1.29, 1.82) is 0 Å². The molecule has 1 saturated heterocycles. The van der Waals surface area contributed by atoms with E-state index >= 15 is 0 Å². The molecule has 8 heteroatoms. The van der Waals surface area contributed by atoms with Crippen molar-refractivity contribution in [2.45, 2.75) is 66.7 Å². The van der Waals surface area contributed by atoms with Gasteiger partial charge in [-0.05, 0) is 30.9 Å². The molecule has 1 unspecified atom stereocenters. The summed E-state index contributed by atoms with van der Waals surface area (Å²) in [5.74, 6) is -0.677. The smallest absolute Gasteiger partial charge is 0.338 e. The van der Waals surface area contributed by atoms with Crippen LogP contribution in [0.5, 0.6) is 0 Å². The van der Waals surface area contributed by atoms with Crippen LogP contribution in [0.25, 0.3) is 0 Å². The molecule has 0 radical (unpaired) electrons. The molecule has 1 heterocycles. The van der Waals surface area contributed by atoms with E-state index in [1.807, 2.05) is 26.8 Å². The summed E-state index contributed by atoms with van der Waals surface area (Å²) >= 11 is 0. The number of carbonyl (C=O) groups is 3. The molecule has 2 rings (SSSR count). The van der Waals surface area contributed by atoms with Gasteiger partial charge in [0, 0.05) is 39.1 Å². The van der Waals surface area contributed by atoms with E-state index < -0.39 is 11.4 Å². The molecule has 0 saturated carbocycles. The number of hydrogen-bond donors (Lipinski definition) is 1. The molecule has 0 aromatic heterocycles. The molecule has 0 aliphatic carbocycles. The van der Waals surface area contributed by atoms with Crippen LogP contribution in [0.15, 0.2) is 30.3 Å². The van der Waals surface area contributed by atoms with E-state index in [-0.39, 0.29) is 38.2 Å². The molecular formula is C29H48N2O6. The van der Waals surface area contributed by atoms with Gasteiger partial charge in [-0.15, -0.1) is 0 Å². The third-order valence-corrected chi connectivity index (χ3v) is 6.12.